The zero-order valence-corrected chi connectivity index (χ0v) is 14.5. The molecule has 6 heteroatoms. The number of aromatic nitrogens is 1. The summed E-state index contributed by atoms with van der Waals surface area (Å²) in [6.45, 7) is 1.62. The molecular formula is C20H21FN2O3. The first-order valence-corrected chi connectivity index (χ1v) is 8.95. The Balaban J connectivity index is 1.54. The molecule has 2 heterocycles. The molecule has 1 aliphatic heterocycles. The monoisotopic (exact) mass is 356 g/mol. The highest BCUT2D eigenvalue weighted by Crippen LogP contribution is 2.43. The summed E-state index contributed by atoms with van der Waals surface area (Å²) in [5.41, 5.74) is 1.25. The molecule has 0 atom stereocenters. The Hall–Kier alpha value is -2.63. The number of fused-ring (bicyclic) bond motifs is 1. The summed E-state index contributed by atoms with van der Waals surface area (Å²) in [6, 6.07) is 7.25. The van der Waals surface area contributed by atoms with Crippen LogP contribution in [-0.2, 0) is 5.41 Å². The molecule has 1 N–H and O–H groups in total. The molecule has 1 fully saturated rings. The molecule has 1 amide bonds. The highest BCUT2D eigenvalue weighted by atomic mass is 19.1. The van der Waals surface area contributed by atoms with E-state index < -0.39 is 5.82 Å². The van der Waals surface area contributed by atoms with Crippen LogP contribution in [0.15, 0.2) is 36.7 Å². The van der Waals surface area contributed by atoms with E-state index in [0.29, 0.717) is 19.8 Å². The molecular weight excluding hydrogens is 335 g/mol. The zero-order valence-electron chi connectivity index (χ0n) is 14.5. The maximum atomic E-state index is 13.3. The van der Waals surface area contributed by atoms with Gasteiger partial charge in [-0.1, -0.05) is 18.9 Å². The lowest BCUT2D eigenvalue weighted by atomic mass is 9.78. The number of rotatable bonds is 4. The van der Waals surface area contributed by atoms with Crippen molar-refractivity contribution in [2.45, 2.75) is 31.1 Å². The summed E-state index contributed by atoms with van der Waals surface area (Å²) < 4.78 is 24.6. The Morgan fingerprint density at radius 3 is 2.65 bits per heavy atom. The van der Waals surface area contributed by atoms with Gasteiger partial charge in [-0.05, 0) is 36.6 Å². The number of benzene rings is 1. The Morgan fingerprint density at radius 1 is 1.12 bits per heavy atom. The van der Waals surface area contributed by atoms with E-state index in [1.54, 1.807) is 0 Å². The second-order valence-electron chi connectivity index (χ2n) is 6.92. The Labute approximate surface area is 151 Å². The average molecular weight is 356 g/mol. The topological polar surface area (TPSA) is 60.5 Å². The number of ether oxygens (including phenoxy) is 2. The van der Waals surface area contributed by atoms with E-state index in [9.17, 15) is 9.18 Å². The lowest BCUT2D eigenvalue weighted by Crippen LogP contribution is -2.39. The highest BCUT2D eigenvalue weighted by Gasteiger charge is 2.37. The van der Waals surface area contributed by atoms with Gasteiger partial charge in [-0.15, -0.1) is 0 Å². The van der Waals surface area contributed by atoms with Gasteiger partial charge in [0, 0.05) is 18.2 Å². The minimum atomic E-state index is -0.514. The minimum Gasteiger partial charge on any atom is -0.486 e. The molecule has 1 aromatic heterocycles. The van der Waals surface area contributed by atoms with Gasteiger partial charge in [-0.2, -0.15) is 0 Å². The lowest BCUT2D eigenvalue weighted by molar-refractivity contribution is 0.0942. The fourth-order valence-electron chi connectivity index (χ4n) is 3.88. The van der Waals surface area contributed by atoms with E-state index >= 15 is 0 Å². The summed E-state index contributed by atoms with van der Waals surface area (Å²) in [7, 11) is 0. The number of hydrogen-bond acceptors (Lipinski definition) is 4. The van der Waals surface area contributed by atoms with Crippen molar-refractivity contribution in [1.29, 1.82) is 0 Å². The summed E-state index contributed by atoms with van der Waals surface area (Å²) >= 11 is 0. The van der Waals surface area contributed by atoms with Crippen LogP contribution in [0, 0.1) is 5.82 Å². The Bertz CT molecular complexity index is 818. The third-order valence-electron chi connectivity index (χ3n) is 5.27. The van der Waals surface area contributed by atoms with Crippen LogP contribution in [-0.4, -0.2) is 30.6 Å². The first-order valence-electron chi connectivity index (χ1n) is 8.95. The Morgan fingerprint density at radius 2 is 1.88 bits per heavy atom. The molecule has 0 radical (unpaired) electrons. The van der Waals surface area contributed by atoms with Gasteiger partial charge in [0.1, 0.15) is 19.0 Å². The van der Waals surface area contributed by atoms with E-state index in [2.05, 4.69) is 16.4 Å². The van der Waals surface area contributed by atoms with Gasteiger partial charge < -0.3 is 14.8 Å². The third-order valence-corrected chi connectivity index (χ3v) is 5.27. The summed E-state index contributed by atoms with van der Waals surface area (Å²) in [5.74, 6) is 0.713. The highest BCUT2D eigenvalue weighted by molar-refractivity contribution is 5.93. The molecule has 2 aromatic rings. The Kier molecular flexibility index (Phi) is 4.49. The van der Waals surface area contributed by atoms with E-state index in [0.717, 1.165) is 48.9 Å². The summed E-state index contributed by atoms with van der Waals surface area (Å²) in [6.07, 6.45) is 6.69. The van der Waals surface area contributed by atoms with Crippen molar-refractivity contribution in [3.05, 3.63) is 53.6 Å². The van der Waals surface area contributed by atoms with E-state index in [-0.39, 0.29) is 16.9 Å². The molecule has 0 spiro atoms. The van der Waals surface area contributed by atoms with Crippen LogP contribution in [0.5, 0.6) is 11.5 Å². The quantitative estimate of drug-likeness (QED) is 0.914. The van der Waals surface area contributed by atoms with Crippen LogP contribution in [0.4, 0.5) is 4.39 Å². The molecule has 26 heavy (non-hydrogen) atoms. The van der Waals surface area contributed by atoms with Crippen molar-refractivity contribution in [3.8, 4) is 11.5 Å². The van der Waals surface area contributed by atoms with Crippen molar-refractivity contribution >= 4 is 5.91 Å². The maximum Gasteiger partial charge on any atom is 0.252 e. The molecule has 4 rings (SSSR count). The molecule has 0 unspecified atom stereocenters. The first kappa shape index (κ1) is 16.8. The number of hydrogen-bond donors (Lipinski definition) is 1. The van der Waals surface area contributed by atoms with Crippen molar-refractivity contribution in [1.82, 2.24) is 10.3 Å². The number of carbonyl (C=O) groups excluding carboxylic acids is 1. The van der Waals surface area contributed by atoms with Crippen LogP contribution in [0.1, 0.15) is 41.6 Å². The van der Waals surface area contributed by atoms with Gasteiger partial charge in [0.15, 0.2) is 11.5 Å². The van der Waals surface area contributed by atoms with Crippen molar-refractivity contribution in [3.63, 3.8) is 0 Å². The molecule has 2 aliphatic rings. The number of amides is 1. The van der Waals surface area contributed by atoms with Gasteiger partial charge in [0.05, 0.1) is 11.8 Å². The minimum absolute atomic E-state index is 0.133. The number of nitrogens with one attached hydrogen (secondary N) is 1. The van der Waals surface area contributed by atoms with Gasteiger partial charge in [-0.25, -0.2) is 4.39 Å². The smallest absolute Gasteiger partial charge is 0.252 e. The molecule has 0 saturated heterocycles. The molecule has 5 nitrogen and oxygen atoms in total. The molecule has 1 aliphatic carbocycles. The number of carbonyl (C=O) groups is 1. The fourth-order valence-corrected chi connectivity index (χ4v) is 3.88. The van der Waals surface area contributed by atoms with E-state index in [1.807, 2.05) is 12.1 Å². The first-order chi connectivity index (χ1) is 12.7. The van der Waals surface area contributed by atoms with E-state index in [1.165, 1.54) is 12.3 Å². The van der Waals surface area contributed by atoms with Gasteiger partial charge in [-0.3, -0.25) is 9.78 Å². The second kappa shape index (κ2) is 6.94. The van der Waals surface area contributed by atoms with Crippen LogP contribution < -0.4 is 14.8 Å². The molecule has 1 aromatic carbocycles. The predicted octanol–water partition coefficient (Wildman–Crippen LogP) is 3.23. The van der Waals surface area contributed by atoms with Crippen LogP contribution >= 0.6 is 0 Å². The van der Waals surface area contributed by atoms with Crippen LogP contribution in [0.2, 0.25) is 0 Å². The van der Waals surface area contributed by atoms with Crippen LogP contribution in [0.25, 0.3) is 0 Å². The van der Waals surface area contributed by atoms with Gasteiger partial charge in [0.2, 0.25) is 0 Å². The van der Waals surface area contributed by atoms with Crippen molar-refractivity contribution in [2.24, 2.45) is 0 Å². The molecule has 0 bridgehead atoms. The number of pyridine rings is 1. The summed E-state index contributed by atoms with van der Waals surface area (Å²) in [5, 5.41) is 2.97. The largest absolute Gasteiger partial charge is 0.486 e. The molecule has 1 saturated carbocycles. The normalized spacial score (nSPS) is 17.7. The average Bonchev–Trinajstić information content (AvgIpc) is 3.16. The number of halogens is 1. The lowest BCUT2D eigenvalue weighted by Gasteiger charge is -2.31. The van der Waals surface area contributed by atoms with Crippen LogP contribution in [0.3, 0.4) is 0 Å². The zero-order chi connectivity index (χ0) is 18.0. The second-order valence-corrected chi connectivity index (χ2v) is 6.92. The van der Waals surface area contributed by atoms with Gasteiger partial charge >= 0.3 is 0 Å². The maximum absolute atomic E-state index is 13.3. The summed E-state index contributed by atoms with van der Waals surface area (Å²) in [4.78, 5) is 16.1. The third kappa shape index (κ3) is 3.23. The predicted molar refractivity (Wildman–Crippen MR) is 94.1 cm³/mol. The fraction of sp³-hybridized carbons (Fsp3) is 0.400. The standard InChI is InChI=1S/C20H21FN2O3/c21-16-9-14(11-22-12-16)19(24)23-13-20(5-1-2-6-20)15-3-4-17-18(10-15)26-8-7-25-17/h3-4,9-12H,1-2,5-8,13H2,(H,23,24). The van der Waals surface area contributed by atoms with Crippen molar-refractivity contribution in [2.75, 3.05) is 19.8 Å². The molecule has 136 valence electrons. The van der Waals surface area contributed by atoms with Gasteiger partial charge in [0.25, 0.3) is 5.91 Å². The van der Waals surface area contributed by atoms with E-state index in [4.69, 9.17) is 9.47 Å². The number of nitrogens with zero attached hydrogens (tertiary/aromatic N) is 1. The van der Waals surface area contributed by atoms with Crippen molar-refractivity contribution < 1.29 is 18.7 Å². The SMILES string of the molecule is O=C(NCC1(c2ccc3c(c2)OCCO3)CCCC1)c1cncc(F)c1.